The Hall–Kier alpha value is -5.18. The summed E-state index contributed by atoms with van der Waals surface area (Å²) < 4.78 is 31.0. The Morgan fingerprint density at radius 1 is 0.891 bits per heavy atom. The van der Waals surface area contributed by atoms with Gasteiger partial charge < -0.3 is 34.0 Å². The molecule has 0 saturated heterocycles. The molecule has 0 aliphatic rings. The van der Waals surface area contributed by atoms with Gasteiger partial charge in [-0.25, -0.2) is 4.98 Å². The minimum Gasteiger partial charge on any atom is -0.497 e. The molecule has 4 aromatic carbocycles. The van der Waals surface area contributed by atoms with E-state index in [0.29, 0.717) is 54.2 Å². The lowest BCUT2D eigenvalue weighted by Gasteiger charge is -2.15. The fourth-order valence-electron chi connectivity index (χ4n) is 5.16. The Labute approximate surface area is 269 Å². The van der Waals surface area contributed by atoms with Gasteiger partial charge >= 0.3 is 5.97 Å². The minimum atomic E-state index is -0.244. The third kappa shape index (κ3) is 7.72. The molecule has 0 aliphatic carbocycles. The lowest BCUT2D eigenvalue weighted by atomic mass is 10.0. The van der Waals surface area contributed by atoms with Crippen molar-refractivity contribution in [1.82, 2.24) is 9.55 Å². The normalized spacial score (nSPS) is 11.1. The van der Waals surface area contributed by atoms with Gasteiger partial charge in [-0.15, -0.1) is 0 Å². The fraction of sp³-hybridized carbons (Fsp3) is 0.297. The number of esters is 1. The van der Waals surface area contributed by atoms with Gasteiger partial charge in [0.15, 0.2) is 5.75 Å². The number of hydrogen-bond acceptors (Lipinski definition) is 8. The molecule has 0 atom stereocenters. The molecule has 1 aromatic heterocycles. The topological polar surface area (TPSA) is 107 Å². The highest BCUT2D eigenvalue weighted by atomic mass is 16.5. The van der Waals surface area contributed by atoms with Crippen molar-refractivity contribution < 1.29 is 28.5 Å². The number of rotatable bonds is 14. The van der Waals surface area contributed by atoms with E-state index in [1.54, 1.807) is 14.0 Å². The van der Waals surface area contributed by atoms with Crippen molar-refractivity contribution >= 4 is 22.7 Å². The van der Waals surface area contributed by atoms with Crippen LogP contribution in [0.4, 0.5) is 5.69 Å². The van der Waals surface area contributed by atoms with Crippen LogP contribution >= 0.6 is 0 Å². The van der Waals surface area contributed by atoms with Gasteiger partial charge in [0.05, 0.1) is 30.4 Å². The predicted molar refractivity (Wildman–Crippen MR) is 179 cm³/mol. The molecule has 0 saturated carbocycles. The summed E-state index contributed by atoms with van der Waals surface area (Å²) in [6, 6.07) is 25.0. The Kier molecular flexibility index (Phi) is 10.3. The first-order valence-electron chi connectivity index (χ1n) is 15.4. The summed E-state index contributed by atoms with van der Waals surface area (Å²) in [7, 11) is 3.59. The number of nitrogens with zero attached hydrogens (tertiary/aromatic N) is 2. The molecule has 5 aromatic rings. The van der Waals surface area contributed by atoms with E-state index in [-0.39, 0.29) is 19.0 Å². The maximum Gasteiger partial charge on any atom is 0.306 e. The summed E-state index contributed by atoms with van der Waals surface area (Å²) in [6.07, 6.45) is 0.744. The number of anilines is 1. The second-order valence-electron chi connectivity index (χ2n) is 11.3. The third-order valence-electron chi connectivity index (χ3n) is 7.76. The molecular weight excluding hydrogens is 582 g/mol. The number of fused-ring (bicyclic) bond motifs is 1. The molecule has 0 radical (unpaired) electrons. The van der Waals surface area contributed by atoms with Gasteiger partial charge in [-0.2, -0.15) is 0 Å². The van der Waals surface area contributed by atoms with E-state index >= 15 is 0 Å². The predicted octanol–water partition coefficient (Wildman–Crippen LogP) is 7.73. The van der Waals surface area contributed by atoms with Crippen LogP contribution in [0.2, 0.25) is 0 Å². The maximum atomic E-state index is 12.0. The van der Waals surface area contributed by atoms with Gasteiger partial charge in [-0.3, -0.25) is 4.79 Å². The van der Waals surface area contributed by atoms with Crippen molar-refractivity contribution in [3.05, 3.63) is 101 Å². The third-order valence-corrected chi connectivity index (χ3v) is 7.76. The zero-order valence-corrected chi connectivity index (χ0v) is 27.0. The van der Waals surface area contributed by atoms with Gasteiger partial charge in [0.25, 0.3) is 0 Å². The second-order valence-corrected chi connectivity index (χ2v) is 11.3. The van der Waals surface area contributed by atoms with Crippen LogP contribution in [0.25, 0.3) is 11.0 Å². The van der Waals surface area contributed by atoms with E-state index in [1.165, 1.54) is 0 Å². The van der Waals surface area contributed by atoms with Crippen molar-refractivity contribution in [2.75, 3.05) is 19.5 Å². The number of ether oxygens (including phenoxy) is 5. The number of carbonyl (C=O) groups is 1. The number of methoxy groups -OCH3 is 1. The van der Waals surface area contributed by atoms with Crippen LogP contribution in [0.5, 0.6) is 28.7 Å². The zero-order valence-electron chi connectivity index (χ0n) is 27.0. The Balaban J connectivity index is 1.31. The Morgan fingerprint density at radius 3 is 2.39 bits per heavy atom. The molecule has 0 amide bonds. The molecule has 0 fully saturated rings. The van der Waals surface area contributed by atoms with Gasteiger partial charge in [-0.05, 0) is 72.4 Å². The Bertz CT molecular complexity index is 1800. The molecule has 5 rings (SSSR count). The Morgan fingerprint density at radius 2 is 1.65 bits per heavy atom. The summed E-state index contributed by atoms with van der Waals surface area (Å²) in [6.45, 7) is 6.96. The van der Waals surface area contributed by atoms with Crippen LogP contribution in [-0.4, -0.2) is 29.2 Å². The number of aromatic nitrogens is 2. The number of nitrogen functional groups attached to an aromatic ring is 1. The van der Waals surface area contributed by atoms with Crippen LogP contribution in [0.1, 0.15) is 55.6 Å². The molecule has 0 spiro atoms. The quantitative estimate of drug-likeness (QED) is 0.0989. The highest BCUT2D eigenvalue weighted by molar-refractivity contribution is 5.78. The minimum absolute atomic E-state index is 0.241. The van der Waals surface area contributed by atoms with Crippen molar-refractivity contribution in [1.29, 1.82) is 0 Å². The molecule has 240 valence electrons. The molecule has 9 heteroatoms. The van der Waals surface area contributed by atoms with E-state index in [4.69, 9.17) is 34.4 Å². The number of benzene rings is 4. The van der Waals surface area contributed by atoms with E-state index in [0.717, 1.165) is 39.3 Å². The van der Waals surface area contributed by atoms with Gasteiger partial charge in [0.2, 0.25) is 0 Å². The van der Waals surface area contributed by atoms with Crippen molar-refractivity contribution in [3.8, 4) is 28.7 Å². The summed E-state index contributed by atoms with van der Waals surface area (Å²) in [5.74, 6) is 4.15. The van der Waals surface area contributed by atoms with Crippen molar-refractivity contribution in [2.24, 2.45) is 7.05 Å². The highest BCUT2D eigenvalue weighted by Crippen LogP contribution is 2.35. The number of para-hydroxylation sites is 1. The zero-order chi connectivity index (χ0) is 32.6. The molecule has 1 heterocycles. The van der Waals surface area contributed by atoms with E-state index in [9.17, 15) is 4.79 Å². The smallest absolute Gasteiger partial charge is 0.306 e. The van der Waals surface area contributed by atoms with Gasteiger partial charge in [0, 0.05) is 25.6 Å². The second kappa shape index (κ2) is 14.7. The van der Waals surface area contributed by atoms with Crippen LogP contribution in [0.3, 0.4) is 0 Å². The average Bonchev–Trinajstić information content (AvgIpc) is 3.37. The van der Waals surface area contributed by atoms with E-state index in [1.807, 2.05) is 90.5 Å². The maximum absolute atomic E-state index is 12.0. The number of imidazole rings is 1. The summed E-state index contributed by atoms with van der Waals surface area (Å²) in [5.41, 5.74) is 11.7. The van der Waals surface area contributed by atoms with Crippen LogP contribution < -0.4 is 24.7 Å². The fourth-order valence-corrected chi connectivity index (χ4v) is 5.16. The molecule has 0 bridgehead atoms. The first kappa shape index (κ1) is 32.2. The first-order valence-corrected chi connectivity index (χ1v) is 15.4. The standard InChI is InChI=1S/C37H41N3O6/c1-6-43-36(41)19-13-26-12-16-28(21-34(26)45-22-25-10-14-27(42-5)15-11-25)44-23-35-39-31-18-17-29(20-32(31)40(35)4)46-33-9-7-8-30(24(2)3)37(33)38/h7-12,14-18,20-21,24H,6,13,19,22-23,38H2,1-5H3. The van der Waals surface area contributed by atoms with Gasteiger partial charge in [0.1, 0.15) is 42.0 Å². The first-order chi connectivity index (χ1) is 22.2. The van der Waals surface area contributed by atoms with Crippen LogP contribution in [-0.2, 0) is 36.2 Å². The summed E-state index contributed by atoms with van der Waals surface area (Å²) >= 11 is 0. The molecule has 0 unspecified atom stereocenters. The summed E-state index contributed by atoms with van der Waals surface area (Å²) in [5, 5.41) is 0. The number of carbonyl (C=O) groups excluding carboxylic acids is 1. The summed E-state index contributed by atoms with van der Waals surface area (Å²) in [4.78, 5) is 16.8. The molecule has 9 nitrogen and oxygen atoms in total. The monoisotopic (exact) mass is 623 g/mol. The lowest BCUT2D eigenvalue weighted by Crippen LogP contribution is -2.07. The van der Waals surface area contributed by atoms with Crippen molar-refractivity contribution in [2.45, 2.75) is 52.7 Å². The van der Waals surface area contributed by atoms with E-state index < -0.39 is 0 Å². The molecule has 46 heavy (non-hydrogen) atoms. The molecule has 0 aliphatic heterocycles. The van der Waals surface area contributed by atoms with E-state index in [2.05, 4.69) is 13.8 Å². The van der Waals surface area contributed by atoms with Crippen LogP contribution in [0.15, 0.2) is 78.9 Å². The van der Waals surface area contributed by atoms with Gasteiger partial charge in [-0.1, -0.05) is 44.2 Å². The van der Waals surface area contributed by atoms with Crippen molar-refractivity contribution in [3.63, 3.8) is 0 Å². The highest BCUT2D eigenvalue weighted by Gasteiger charge is 2.15. The lowest BCUT2D eigenvalue weighted by molar-refractivity contribution is -0.143. The number of aryl methyl sites for hydroxylation is 2. The number of hydrogen-bond donors (Lipinski definition) is 1. The largest absolute Gasteiger partial charge is 0.497 e. The SMILES string of the molecule is CCOC(=O)CCc1ccc(OCc2nc3ccc(Oc4cccc(C(C)C)c4N)cc3n2C)cc1OCc1ccc(OC)cc1. The average molecular weight is 624 g/mol. The number of nitrogens with two attached hydrogens (primary N) is 1. The molecule has 2 N–H and O–H groups in total. The molecular formula is C37H41N3O6. The van der Waals surface area contributed by atoms with Crippen LogP contribution in [0, 0.1) is 0 Å².